The second-order valence-corrected chi connectivity index (χ2v) is 6.60. The zero-order chi connectivity index (χ0) is 17.7. The topological polar surface area (TPSA) is 72.9 Å². The fourth-order valence-electron chi connectivity index (χ4n) is 2.03. The highest BCUT2D eigenvalue weighted by Crippen LogP contribution is 2.34. The van der Waals surface area contributed by atoms with Crippen molar-refractivity contribution in [2.75, 3.05) is 19.8 Å². The second-order valence-electron chi connectivity index (χ2n) is 4.69. The zero-order valence-electron chi connectivity index (χ0n) is 13.2. The average molecular weight is 414 g/mol. The molecular formula is C16H16BrNO5S. The largest absolute Gasteiger partial charge is 0.493 e. The van der Waals surface area contributed by atoms with Gasteiger partial charge >= 0.3 is 5.97 Å². The number of benzene rings is 1. The maximum Gasteiger partial charge on any atom is 0.326 e. The Bertz CT molecular complexity index is 704. The molecule has 1 heterocycles. The van der Waals surface area contributed by atoms with E-state index in [9.17, 15) is 14.4 Å². The Morgan fingerprint density at radius 3 is 2.71 bits per heavy atom. The predicted molar refractivity (Wildman–Crippen MR) is 94.6 cm³/mol. The molecule has 0 spiro atoms. The molecule has 6 nitrogen and oxygen atoms in total. The Morgan fingerprint density at radius 1 is 1.29 bits per heavy atom. The summed E-state index contributed by atoms with van der Waals surface area (Å²) in [6.45, 7) is 3.81. The molecule has 0 aliphatic carbocycles. The van der Waals surface area contributed by atoms with Gasteiger partial charge in [-0.3, -0.25) is 19.3 Å². The summed E-state index contributed by atoms with van der Waals surface area (Å²) >= 11 is 4.16. The van der Waals surface area contributed by atoms with Gasteiger partial charge in [-0.15, -0.1) is 0 Å². The third kappa shape index (κ3) is 4.39. The molecule has 0 unspecified atom stereocenters. The van der Waals surface area contributed by atoms with E-state index in [4.69, 9.17) is 9.47 Å². The molecule has 1 saturated heterocycles. The third-order valence-corrected chi connectivity index (χ3v) is 4.43. The van der Waals surface area contributed by atoms with Crippen molar-refractivity contribution < 1.29 is 23.9 Å². The Balaban J connectivity index is 2.25. The van der Waals surface area contributed by atoms with Crippen LogP contribution in [0.1, 0.15) is 19.4 Å². The molecule has 0 saturated carbocycles. The molecule has 0 bridgehead atoms. The number of rotatable bonds is 6. The van der Waals surface area contributed by atoms with Crippen LogP contribution in [0.25, 0.3) is 6.08 Å². The number of amides is 2. The van der Waals surface area contributed by atoms with Crippen molar-refractivity contribution in [3.63, 3.8) is 0 Å². The van der Waals surface area contributed by atoms with Crippen LogP contribution >= 0.6 is 27.7 Å². The van der Waals surface area contributed by atoms with Crippen LogP contribution in [-0.4, -0.2) is 41.8 Å². The van der Waals surface area contributed by atoms with Crippen LogP contribution in [0.4, 0.5) is 4.79 Å². The van der Waals surface area contributed by atoms with Crippen LogP contribution in [0.15, 0.2) is 27.6 Å². The number of esters is 1. The van der Waals surface area contributed by atoms with E-state index in [1.54, 1.807) is 25.1 Å². The number of hydrogen-bond acceptors (Lipinski definition) is 6. The summed E-state index contributed by atoms with van der Waals surface area (Å²) in [4.78, 5) is 37.0. The monoisotopic (exact) mass is 413 g/mol. The highest BCUT2D eigenvalue weighted by Gasteiger charge is 2.36. The lowest BCUT2D eigenvalue weighted by molar-refractivity contribution is -0.145. The lowest BCUT2D eigenvalue weighted by atomic mass is 10.2. The van der Waals surface area contributed by atoms with Crippen LogP contribution in [0.2, 0.25) is 0 Å². The van der Waals surface area contributed by atoms with Gasteiger partial charge in [-0.05, 0) is 49.9 Å². The molecule has 0 N–H and O–H groups in total. The standard InChI is InChI=1S/C16H16BrNO5S/c1-3-22-12-6-5-11(17)7-10(12)8-13-15(20)18(16(21)24-13)9-14(19)23-4-2/h5-8H,3-4,9H2,1-2H3/b13-8-. The minimum Gasteiger partial charge on any atom is -0.493 e. The van der Waals surface area contributed by atoms with Crippen LogP contribution in [0.3, 0.4) is 0 Å². The minimum absolute atomic E-state index is 0.195. The number of nitrogens with zero attached hydrogens (tertiary/aromatic N) is 1. The lowest BCUT2D eigenvalue weighted by Crippen LogP contribution is -2.34. The van der Waals surface area contributed by atoms with Crippen LogP contribution in [-0.2, 0) is 14.3 Å². The first-order chi connectivity index (χ1) is 11.5. The number of hydrogen-bond donors (Lipinski definition) is 0. The van der Waals surface area contributed by atoms with E-state index < -0.39 is 17.1 Å². The summed E-state index contributed by atoms with van der Waals surface area (Å²) in [6.07, 6.45) is 1.59. The highest BCUT2D eigenvalue weighted by atomic mass is 79.9. The average Bonchev–Trinajstić information content (AvgIpc) is 2.78. The van der Waals surface area contributed by atoms with E-state index in [0.29, 0.717) is 17.9 Å². The molecule has 1 aromatic carbocycles. The first-order valence-electron chi connectivity index (χ1n) is 7.29. The van der Waals surface area contributed by atoms with Crippen molar-refractivity contribution in [1.82, 2.24) is 4.90 Å². The summed E-state index contributed by atoms with van der Waals surface area (Å²) < 4.78 is 11.1. The Labute approximate surface area is 152 Å². The predicted octanol–water partition coefficient (Wildman–Crippen LogP) is 3.45. The molecule has 1 aliphatic heterocycles. The molecular weight excluding hydrogens is 398 g/mol. The van der Waals surface area contributed by atoms with Gasteiger partial charge < -0.3 is 9.47 Å². The molecule has 128 valence electrons. The first-order valence-corrected chi connectivity index (χ1v) is 8.90. The second kappa shape index (κ2) is 8.34. The summed E-state index contributed by atoms with van der Waals surface area (Å²) in [6, 6.07) is 5.40. The molecule has 24 heavy (non-hydrogen) atoms. The first kappa shape index (κ1) is 18.5. The molecule has 1 aliphatic rings. The molecule has 1 aromatic rings. The number of halogens is 1. The van der Waals surface area contributed by atoms with Gasteiger partial charge in [0.1, 0.15) is 12.3 Å². The zero-order valence-corrected chi connectivity index (χ0v) is 15.6. The number of carbonyl (C=O) groups is 3. The molecule has 2 amide bonds. The summed E-state index contributed by atoms with van der Waals surface area (Å²) in [5.74, 6) is -0.517. The van der Waals surface area contributed by atoms with Gasteiger partial charge in [0.15, 0.2) is 0 Å². The van der Waals surface area contributed by atoms with Gasteiger partial charge in [-0.1, -0.05) is 15.9 Å². The Kier molecular flexibility index (Phi) is 6.44. The maximum absolute atomic E-state index is 12.4. The summed E-state index contributed by atoms with van der Waals surface area (Å²) in [7, 11) is 0. The van der Waals surface area contributed by atoms with Crippen LogP contribution < -0.4 is 4.74 Å². The van der Waals surface area contributed by atoms with E-state index in [1.807, 2.05) is 13.0 Å². The molecule has 8 heteroatoms. The molecule has 2 rings (SSSR count). The van der Waals surface area contributed by atoms with Crippen molar-refractivity contribution >= 4 is 50.9 Å². The number of thioether (sulfide) groups is 1. The van der Waals surface area contributed by atoms with Gasteiger partial charge in [0.25, 0.3) is 11.1 Å². The smallest absolute Gasteiger partial charge is 0.326 e. The van der Waals surface area contributed by atoms with Gasteiger partial charge in [0.05, 0.1) is 18.1 Å². The number of imide groups is 1. The van der Waals surface area contributed by atoms with Gasteiger partial charge in [-0.25, -0.2) is 0 Å². The summed E-state index contributed by atoms with van der Waals surface area (Å²) in [5.41, 5.74) is 0.674. The lowest BCUT2D eigenvalue weighted by Gasteiger charge is -2.11. The minimum atomic E-state index is -0.612. The Morgan fingerprint density at radius 2 is 2.04 bits per heavy atom. The normalized spacial score (nSPS) is 16.0. The SMILES string of the molecule is CCOC(=O)CN1C(=O)S/C(=C\c2cc(Br)ccc2OCC)C1=O. The van der Waals surface area contributed by atoms with E-state index in [-0.39, 0.29) is 18.1 Å². The quantitative estimate of drug-likeness (QED) is 0.525. The third-order valence-electron chi connectivity index (χ3n) is 3.02. The van der Waals surface area contributed by atoms with Crippen molar-refractivity contribution in [1.29, 1.82) is 0 Å². The molecule has 0 radical (unpaired) electrons. The highest BCUT2D eigenvalue weighted by molar-refractivity contribution is 9.10. The van der Waals surface area contributed by atoms with E-state index in [2.05, 4.69) is 15.9 Å². The van der Waals surface area contributed by atoms with Crippen molar-refractivity contribution in [3.8, 4) is 5.75 Å². The van der Waals surface area contributed by atoms with Crippen molar-refractivity contribution in [2.45, 2.75) is 13.8 Å². The number of carbonyl (C=O) groups excluding carboxylic acids is 3. The maximum atomic E-state index is 12.4. The molecule has 0 aromatic heterocycles. The fraction of sp³-hybridized carbons (Fsp3) is 0.312. The Hall–Kier alpha value is -1.80. The molecule has 0 atom stereocenters. The van der Waals surface area contributed by atoms with Crippen molar-refractivity contribution in [3.05, 3.63) is 33.1 Å². The van der Waals surface area contributed by atoms with Gasteiger partial charge in [-0.2, -0.15) is 0 Å². The van der Waals surface area contributed by atoms with Crippen LogP contribution in [0.5, 0.6) is 5.75 Å². The van der Waals surface area contributed by atoms with E-state index in [1.165, 1.54) is 0 Å². The van der Waals surface area contributed by atoms with Crippen molar-refractivity contribution in [2.24, 2.45) is 0 Å². The van der Waals surface area contributed by atoms with E-state index in [0.717, 1.165) is 21.1 Å². The van der Waals surface area contributed by atoms with Gasteiger partial charge in [0, 0.05) is 10.0 Å². The van der Waals surface area contributed by atoms with E-state index >= 15 is 0 Å². The molecule has 1 fully saturated rings. The van der Waals surface area contributed by atoms with Gasteiger partial charge in [0.2, 0.25) is 0 Å². The fourth-order valence-corrected chi connectivity index (χ4v) is 3.24. The summed E-state index contributed by atoms with van der Waals surface area (Å²) in [5, 5.41) is -0.493. The number of ether oxygens (including phenoxy) is 2. The van der Waals surface area contributed by atoms with Crippen LogP contribution in [0, 0.1) is 0 Å².